The zero-order valence-corrected chi connectivity index (χ0v) is 27.3. The minimum Gasteiger partial charge on any atom is -0.481 e. The molecule has 1 aliphatic heterocycles. The molecule has 0 saturated heterocycles. The highest BCUT2D eigenvalue weighted by molar-refractivity contribution is 5.68. The predicted molar refractivity (Wildman–Crippen MR) is 174 cm³/mol. The largest absolute Gasteiger partial charge is 0.481 e. The average Bonchev–Trinajstić information content (AvgIpc) is 3.02. The third kappa shape index (κ3) is 14.4. The van der Waals surface area contributed by atoms with Crippen molar-refractivity contribution in [3.8, 4) is 5.88 Å². The molecule has 0 saturated carbocycles. The average molecular weight is 614 g/mol. The van der Waals surface area contributed by atoms with Gasteiger partial charge in [-0.25, -0.2) is 9.97 Å². The van der Waals surface area contributed by atoms with Gasteiger partial charge in [-0.2, -0.15) is 0 Å². The summed E-state index contributed by atoms with van der Waals surface area (Å²) in [6, 6.07) is 8.12. The number of aryl methyl sites for hydroxylation is 2. The highest BCUT2D eigenvalue weighted by Gasteiger charge is 2.17. The molecule has 1 aliphatic rings. The number of carboxylic acid groups (broad SMARTS) is 1. The van der Waals surface area contributed by atoms with Crippen LogP contribution in [0.1, 0.15) is 101 Å². The van der Waals surface area contributed by atoms with E-state index in [0.717, 1.165) is 88.0 Å². The minimum atomic E-state index is -0.785. The maximum atomic E-state index is 11.5. The summed E-state index contributed by atoms with van der Waals surface area (Å²) in [5, 5.41) is 12.9. The standard InChI is InChI=1S/C35H55N3O6/c1-4-35(2,3)17-19-41-20-21-42-22-23-43-24-25-44-32-16-14-30(27-37-32)29(26-33(39)40)10-7-5-6-8-12-31-15-13-28-11-9-18-36-34(28)38-31/h13-16,27,29H,4-12,17-26H2,1-3H3,(H,36,38)(H,39,40)/t29-/m0/s1. The molecule has 0 spiro atoms. The fourth-order valence-electron chi connectivity index (χ4n) is 5.15. The van der Waals surface area contributed by atoms with E-state index in [1.54, 1.807) is 6.20 Å². The number of hydrogen-bond acceptors (Lipinski definition) is 8. The number of unbranched alkanes of at least 4 members (excludes halogenated alkanes) is 3. The first-order valence-electron chi connectivity index (χ1n) is 16.6. The number of aromatic nitrogens is 2. The smallest absolute Gasteiger partial charge is 0.303 e. The van der Waals surface area contributed by atoms with Gasteiger partial charge in [0.05, 0.1) is 39.5 Å². The second-order valence-corrected chi connectivity index (χ2v) is 12.5. The van der Waals surface area contributed by atoms with E-state index in [0.29, 0.717) is 50.9 Å². The lowest BCUT2D eigenvalue weighted by atomic mass is 9.87. The summed E-state index contributed by atoms with van der Waals surface area (Å²) in [6.07, 6.45) is 12.4. The molecule has 0 fully saturated rings. The molecule has 1 atom stereocenters. The molecule has 2 N–H and O–H groups in total. The fraction of sp³-hybridized carbons (Fsp3) is 0.686. The lowest BCUT2D eigenvalue weighted by Crippen LogP contribution is -2.15. The maximum absolute atomic E-state index is 11.5. The number of anilines is 1. The third-order valence-electron chi connectivity index (χ3n) is 8.44. The zero-order chi connectivity index (χ0) is 31.5. The van der Waals surface area contributed by atoms with Crippen LogP contribution < -0.4 is 10.1 Å². The van der Waals surface area contributed by atoms with Crippen LogP contribution in [0.2, 0.25) is 0 Å². The summed E-state index contributed by atoms with van der Waals surface area (Å²) in [5.41, 5.74) is 3.74. The van der Waals surface area contributed by atoms with Gasteiger partial charge in [-0.15, -0.1) is 0 Å². The Kier molecular flexibility index (Phi) is 16.5. The first-order chi connectivity index (χ1) is 21.4. The van der Waals surface area contributed by atoms with Gasteiger partial charge in [0.1, 0.15) is 12.4 Å². The number of nitrogens with one attached hydrogen (secondary N) is 1. The van der Waals surface area contributed by atoms with Crippen molar-refractivity contribution in [2.24, 2.45) is 5.41 Å². The molecule has 44 heavy (non-hydrogen) atoms. The maximum Gasteiger partial charge on any atom is 0.303 e. The van der Waals surface area contributed by atoms with Crippen LogP contribution in [0, 0.1) is 5.41 Å². The van der Waals surface area contributed by atoms with Crippen molar-refractivity contribution in [2.75, 3.05) is 58.1 Å². The number of ether oxygens (including phenoxy) is 4. The van der Waals surface area contributed by atoms with E-state index in [-0.39, 0.29) is 12.3 Å². The van der Waals surface area contributed by atoms with Gasteiger partial charge in [0.2, 0.25) is 5.88 Å². The number of carbonyl (C=O) groups is 1. The Labute approximate surface area is 264 Å². The summed E-state index contributed by atoms with van der Waals surface area (Å²) < 4.78 is 22.5. The van der Waals surface area contributed by atoms with Crippen LogP contribution in [0.15, 0.2) is 30.5 Å². The molecule has 9 heteroatoms. The van der Waals surface area contributed by atoms with Crippen molar-refractivity contribution in [1.82, 2.24) is 9.97 Å². The van der Waals surface area contributed by atoms with E-state index in [9.17, 15) is 9.90 Å². The summed E-state index contributed by atoms with van der Waals surface area (Å²) in [4.78, 5) is 20.7. The number of fused-ring (bicyclic) bond motifs is 1. The lowest BCUT2D eigenvalue weighted by molar-refractivity contribution is -0.137. The fourth-order valence-corrected chi connectivity index (χ4v) is 5.15. The van der Waals surface area contributed by atoms with Crippen LogP contribution in [0.25, 0.3) is 0 Å². The van der Waals surface area contributed by atoms with Crippen molar-refractivity contribution in [2.45, 2.75) is 97.3 Å². The predicted octanol–water partition coefficient (Wildman–Crippen LogP) is 6.84. The highest BCUT2D eigenvalue weighted by atomic mass is 16.6. The number of pyridine rings is 2. The molecule has 0 unspecified atom stereocenters. The number of carboxylic acids is 1. The van der Waals surface area contributed by atoms with Gasteiger partial charge in [-0.1, -0.05) is 58.6 Å². The SMILES string of the molecule is CCC(C)(C)CCOCCOCCOCCOc1ccc([C@@H](CCCCCCc2ccc3c(n2)NCCC3)CC(=O)O)cn1. The lowest BCUT2D eigenvalue weighted by Gasteiger charge is -2.22. The van der Waals surface area contributed by atoms with E-state index in [2.05, 4.69) is 43.2 Å². The van der Waals surface area contributed by atoms with E-state index < -0.39 is 5.97 Å². The monoisotopic (exact) mass is 613 g/mol. The molecule has 0 aromatic carbocycles. The van der Waals surface area contributed by atoms with Crippen LogP contribution in [-0.4, -0.2) is 73.8 Å². The Bertz CT molecular complexity index is 1080. The Morgan fingerprint density at radius 1 is 0.955 bits per heavy atom. The normalized spacial score (nSPS) is 13.7. The van der Waals surface area contributed by atoms with Gasteiger partial charge in [-0.05, 0) is 67.1 Å². The van der Waals surface area contributed by atoms with Gasteiger partial charge >= 0.3 is 5.97 Å². The van der Waals surface area contributed by atoms with Crippen molar-refractivity contribution in [3.63, 3.8) is 0 Å². The zero-order valence-electron chi connectivity index (χ0n) is 27.3. The molecular weight excluding hydrogens is 558 g/mol. The molecule has 246 valence electrons. The first-order valence-corrected chi connectivity index (χ1v) is 16.6. The molecule has 0 radical (unpaired) electrons. The Morgan fingerprint density at radius 3 is 2.39 bits per heavy atom. The van der Waals surface area contributed by atoms with Crippen LogP contribution in [-0.2, 0) is 31.8 Å². The Morgan fingerprint density at radius 2 is 1.68 bits per heavy atom. The van der Waals surface area contributed by atoms with Crippen molar-refractivity contribution in [3.05, 3.63) is 47.3 Å². The highest BCUT2D eigenvalue weighted by Crippen LogP contribution is 2.27. The molecule has 2 aromatic heterocycles. The summed E-state index contributed by atoms with van der Waals surface area (Å²) in [5.74, 6) is 0.729. The molecule has 0 amide bonds. The molecule has 2 aromatic rings. The number of aliphatic carboxylic acids is 1. The van der Waals surface area contributed by atoms with Crippen LogP contribution in [0.4, 0.5) is 5.82 Å². The van der Waals surface area contributed by atoms with Crippen molar-refractivity contribution < 1.29 is 28.8 Å². The van der Waals surface area contributed by atoms with Gasteiger partial charge < -0.3 is 29.4 Å². The van der Waals surface area contributed by atoms with E-state index in [4.69, 9.17) is 23.9 Å². The molecule has 3 heterocycles. The summed E-state index contributed by atoms with van der Waals surface area (Å²) in [7, 11) is 0. The van der Waals surface area contributed by atoms with Crippen molar-refractivity contribution >= 4 is 11.8 Å². The number of rotatable bonds is 24. The number of nitrogens with zero attached hydrogens (tertiary/aromatic N) is 2. The molecule has 0 bridgehead atoms. The number of hydrogen-bond donors (Lipinski definition) is 2. The topological polar surface area (TPSA) is 112 Å². The van der Waals surface area contributed by atoms with E-state index in [1.165, 1.54) is 12.0 Å². The van der Waals surface area contributed by atoms with E-state index >= 15 is 0 Å². The minimum absolute atomic E-state index is 0.0562. The van der Waals surface area contributed by atoms with Gasteiger partial charge in [0.15, 0.2) is 0 Å². The van der Waals surface area contributed by atoms with Crippen LogP contribution >= 0.6 is 0 Å². The second-order valence-electron chi connectivity index (χ2n) is 12.5. The van der Waals surface area contributed by atoms with Crippen LogP contribution in [0.5, 0.6) is 5.88 Å². The van der Waals surface area contributed by atoms with E-state index in [1.807, 2.05) is 12.1 Å². The van der Waals surface area contributed by atoms with Gasteiger partial charge in [0.25, 0.3) is 0 Å². The Balaban J connectivity index is 1.23. The quantitative estimate of drug-likeness (QED) is 0.123. The molecule has 3 rings (SSSR count). The third-order valence-corrected chi connectivity index (χ3v) is 8.44. The molecular formula is C35H55N3O6. The van der Waals surface area contributed by atoms with Crippen molar-refractivity contribution in [1.29, 1.82) is 0 Å². The van der Waals surface area contributed by atoms with Gasteiger partial charge in [0, 0.05) is 31.1 Å². The van der Waals surface area contributed by atoms with Gasteiger partial charge in [-0.3, -0.25) is 4.79 Å². The molecule has 0 aliphatic carbocycles. The summed E-state index contributed by atoms with van der Waals surface area (Å²) in [6.45, 7) is 11.5. The second kappa shape index (κ2) is 20.3. The summed E-state index contributed by atoms with van der Waals surface area (Å²) >= 11 is 0. The van der Waals surface area contributed by atoms with Crippen LogP contribution in [0.3, 0.4) is 0 Å². The Hall–Kier alpha value is -2.75. The first kappa shape index (κ1) is 35.7. The molecule has 9 nitrogen and oxygen atoms in total.